The fourth-order valence-electron chi connectivity index (χ4n) is 6.02. The summed E-state index contributed by atoms with van der Waals surface area (Å²) in [6, 6.07) is 7.95. The van der Waals surface area contributed by atoms with Crippen LogP contribution in [0.2, 0.25) is 0 Å². The van der Waals surface area contributed by atoms with Gasteiger partial charge in [-0.05, 0) is 49.6 Å². The lowest BCUT2D eigenvalue weighted by Crippen LogP contribution is -2.45. The number of allylic oxidation sites excluding steroid dienone is 1. The molecule has 2 aromatic heterocycles. The summed E-state index contributed by atoms with van der Waals surface area (Å²) in [5.74, 6) is -0.709. The lowest BCUT2D eigenvalue weighted by molar-refractivity contribution is -0.122. The van der Waals surface area contributed by atoms with Gasteiger partial charge in [-0.25, -0.2) is 9.37 Å². The number of fused-ring (bicyclic) bond motifs is 3. The predicted molar refractivity (Wildman–Crippen MR) is 142 cm³/mol. The van der Waals surface area contributed by atoms with Crippen LogP contribution >= 0.6 is 0 Å². The van der Waals surface area contributed by atoms with Gasteiger partial charge in [0.05, 0.1) is 12.1 Å². The van der Waals surface area contributed by atoms with Gasteiger partial charge in [-0.2, -0.15) is 4.98 Å². The number of benzene rings is 1. The Labute approximate surface area is 215 Å². The smallest absolute Gasteiger partial charge is 0.229 e. The molecule has 2 bridgehead atoms. The molecule has 1 aliphatic heterocycles. The molecular weight excluding hydrogens is 471 g/mol. The minimum absolute atomic E-state index is 0.0748. The van der Waals surface area contributed by atoms with E-state index in [4.69, 9.17) is 5.73 Å². The molecule has 4 unspecified atom stereocenters. The maximum absolute atomic E-state index is 14.6. The molecule has 0 spiro atoms. The van der Waals surface area contributed by atoms with Crippen LogP contribution in [0.4, 0.5) is 21.8 Å². The first-order valence-corrected chi connectivity index (χ1v) is 13.0. The van der Waals surface area contributed by atoms with Crippen LogP contribution < -0.4 is 16.4 Å². The molecule has 3 aliphatic rings. The number of amides is 1. The van der Waals surface area contributed by atoms with E-state index in [1.165, 1.54) is 5.52 Å². The molecule has 0 radical (unpaired) electrons. The number of aromatic nitrogens is 3. The Morgan fingerprint density at radius 3 is 2.76 bits per heavy atom. The van der Waals surface area contributed by atoms with Crippen molar-refractivity contribution in [3.63, 3.8) is 0 Å². The zero-order chi connectivity index (χ0) is 25.5. The molecule has 194 valence electrons. The van der Waals surface area contributed by atoms with Crippen LogP contribution in [-0.2, 0) is 11.3 Å². The van der Waals surface area contributed by atoms with E-state index in [0.717, 1.165) is 63.0 Å². The molecule has 6 rings (SSSR count). The normalized spacial score (nSPS) is 25.7. The second-order valence-electron chi connectivity index (χ2n) is 10.5. The minimum atomic E-state index is -0.562. The third kappa shape index (κ3) is 4.78. The first-order chi connectivity index (χ1) is 17.9. The first kappa shape index (κ1) is 23.9. The predicted octanol–water partition coefficient (Wildman–Crippen LogP) is 2.65. The van der Waals surface area contributed by atoms with E-state index in [9.17, 15) is 9.18 Å². The number of carbonyl (C=O) groups excluding carboxylic acids is 1. The number of nitrogens with two attached hydrogens (primary N) is 1. The van der Waals surface area contributed by atoms with Crippen LogP contribution in [0.15, 0.2) is 48.8 Å². The number of anilines is 3. The highest BCUT2D eigenvalue weighted by atomic mass is 19.1. The van der Waals surface area contributed by atoms with Gasteiger partial charge in [0.25, 0.3) is 0 Å². The Balaban J connectivity index is 1.14. The van der Waals surface area contributed by atoms with Crippen molar-refractivity contribution in [2.45, 2.75) is 19.0 Å². The Morgan fingerprint density at radius 2 is 1.95 bits per heavy atom. The highest BCUT2D eigenvalue weighted by molar-refractivity contribution is 5.84. The zero-order valence-corrected chi connectivity index (χ0v) is 21.0. The number of rotatable bonds is 8. The lowest BCUT2D eigenvalue weighted by Gasteiger charge is -2.32. The van der Waals surface area contributed by atoms with E-state index < -0.39 is 5.82 Å². The summed E-state index contributed by atoms with van der Waals surface area (Å²) in [5.41, 5.74) is 7.64. The van der Waals surface area contributed by atoms with Crippen LogP contribution in [0.3, 0.4) is 0 Å². The largest absolute Gasteiger partial charge is 0.369 e. The first-order valence-electron chi connectivity index (χ1n) is 13.0. The van der Waals surface area contributed by atoms with E-state index in [1.807, 2.05) is 18.2 Å². The number of nitrogens with zero attached hydrogens (tertiary/aromatic N) is 5. The lowest BCUT2D eigenvalue weighted by atomic mass is 9.88. The third-order valence-corrected chi connectivity index (χ3v) is 8.12. The maximum Gasteiger partial charge on any atom is 0.229 e. The van der Waals surface area contributed by atoms with Crippen molar-refractivity contribution in [1.82, 2.24) is 24.3 Å². The number of hydrogen-bond donors (Lipinski definition) is 3. The van der Waals surface area contributed by atoms with E-state index in [0.29, 0.717) is 0 Å². The van der Waals surface area contributed by atoms with E-state index in [-0.39, 0.29) is 41.5 Å². The van der Waals surface area contributed by atoms with Gasteiger partial charge in [0.15, 0.2) is 11.6 Å². The van der Waals surface area contributed by atoms with Gasteiger partial charge in [0.2, 0.25) is 11.9 Å². The molecule has 1 amide bonds. The molecule has 4 atom stereocenters. The van der Waals surface area contributed by atoms with Crippen molar-refractivity contribution in [3.8, 4) is 0 Å². The number of halogens is 1. The number of carbonyl (C=O) groups is 1. The molecule has 3 aromatic rings. The van der Waals surface area contributed by atoms with Gasteiger partial charge < -0.3 is 25.8 Å². The summed E-state index contributed by atoms with van der Waals surface area (Å²) in [7, 11) is 2.17. The second-order valence-corrected chi connectivity index (χ2v) is 10.5. The zero-order valence-electron chi connectivity index (χ0n) is 21.0. The van der Waals surface area contributed by atoms with Gasteiger partial charge in [-0.1, -0.05) is 12.2 Å². The fourth-order valence-corrected chi connectivity index (χ4v) is 6.02. The summed E-state index contributed by atoms with van der Waals surface area (Å²) in [4.78, 5) is 25.4. The highest BCUT2D eigenvalue weighted by Crippen LogP contribution is 2.44. The second kappa shape index (κ2) is 9.75. The summed E-state index contributed by atoms with van der Waals surface area (Å²) >= 11 is 0. The summed E-state index contributed by atoms with van der Waals surface area (Å²) in [6.45, 7) is 6.44. The average Bonchev–Trinajstić information content (AvgIpc) is 3.60. The molecule has 4 N–H and O–H groups in total. The molecule has 37 heavy (non-hydrogen) atoms. The van der Waals surface area contributed by atoms with Crippen molar-refractivity contribution in [2.75, 3.05) is 50.4 Å². The molecule has 2 fully saturated rings. The number of likely N-dealkylation sites (N-methyl/N-ethyl adjacent to an activating group) is 1. The van der Waals surface area contributed by atoms with Crippen LogP contribution in [0.1, 0.15) is 6.42 Å². The SMILES string of the molecule is CN1CCN(CCn2ccc3cc(Nc4ncc(F)c(NC5C6C=CC(C6)C5C(N)=O)n4)ccc32)CC1. The molecule has 10 heteroatoms. The summed E-state index contributed by atoms with van der Waals surface area (Å²) in [6.07, 6.45) is 8.23. The Morgan fingerprint density at radius 1 is 1.14 bits per heavy atom. The van der Waals surface area contributed by atoms with Crippen molar-refractivity contribution in [3.05, 3.63) is 54.6 Å². The summed E-state index contributed by atoms with van der Waals surface area (Å²) < 4.78 is 16.9. The van der Waals surface area contributed by atoms with E-state index in [1.54, 1.807) is 0 Å². The standard InChI is InChI=1S/C27H33FN8O/c1-34-8-10-35(11-9-34)12-13-36-7-6-17-15-20(4-5-22(17)36)31-27-30-16-21(28)26(33-27)32-24-19-3-2-18(14-19)23(24)25(29)37/h2-7,15-16,18-19,23-24H,8-14H2,1H3,(H2,29,37)(H2,30,31,32,33). The van der Waals surface area contributed by atoms with Crippen molar-refractivity contribution in [1.29, 1.82) is 0 Å². The van der Waals surface area contributed by atoms with Crippen molar-refractivity contribution >= 4 is 34.3 Å². The van der Waals surface area contributed by atoms with Gasteiger partial charge in [-0.3, -0.25) is 9.69 Å². The number of hydrogen-bond acceptors (Lipinski definition) is 7. The van der Waals surface area contributed by atoms with E-state index >= 15 is 0 Å². The van der Waals surface area contributed by atoms with Crippen molar-refractivity contribution < 1.29 is 9.18 Å². The molecule has 9 nitrogen and oxygen atoms in total. The molecule has 1 saturated heterocycles. The van der Waals surface area contributed by atoms with Gasteiger partial charge in [0.1, 0.15) is 0 Å². The molecule has 1 aromatic carbocycles. The molecule has 3 heterocycles. The Hall–Kier alpha value is -3.50. The average molecular weight is 505 g/mol. The maximum atomic E-state index is 14.6. The number of piperazine rings is 1. The molecule has 2 aliphatic carbocycles. The minimum Gasteiger partial charge on any atom is -0.369 e. The van der Waals surface area contributed by atoms with Crippen LogP contribution in [0, 0.1) is 23.6 Å². The summed E-state index contributed by atoms with van der Waals surface area (Å²) in [5, 5.41) is 7.46. The van der Waals surface area contributed by atoms with Crippen LogP contribution in [-0.4, -0.2) is 76.1 Å². The van der Waals surface area contributed by atoms with Gasteiger partial charge in [-0.15, -0.1) is 0 Å². The third-order valence-electron chi connectivity index (χ3n) is 8.12. The van der Waals surface area contributed by atoms with Crippen molar-refractivity contribution in [2.24, 2.45) is 23.5 Å². The van der Waals surface area contributed by atoms with E-state index in [2.05, 4.69) is 66.4 Å². The topological polar surface area (TPSA) is 104 Å². The van der Waals surface area contributed by atoms with Gasteiger partial charge >= 0.3 is 0 Å². The van der Waals surface area contributed by atoms with Crippen LogP contribution in [0.5, 0.6) is 0 Å². The quantitative estimate of drug-likeness (QED) is 0.405. The Bertz CT molecular complexity index is 1330. The van der Waals surface area contributed by atoms with Crippen LogP contribution in [0.25, 0.3) is 10.9 Å². The monoisotopic (exact) mass is 504 g/mol. The fraction of sp³-hybridized carbons (Fsp3) is 0.444. The number of primary amides is 1. The molecular formula is C27H33FN8O. The highest BCUT2D eigenvalue weighted by Gasteiger charge is 2.47. The number of nitrogens with one attached hydrogen (secondary N) is 2. The van der Waals surface area contributed by atoms with Gasteiger partial charge in [0, 0.05) is 68.1 Å². The Kier molecular flexibility index (Phi) is 6.29. The molecule has 1 saturated carbocycles.